The first-order valence-corrected chi connectivity index (χ1v) is 8.50. The highest BCUT2D eigenvalue weighted by molar-refractivity contribution is 5.40. The van der Waals surface area contributed by atoms with Crippen LogP contribution in [0.5, 0.6) is 5.75 Å². The summed E-state index contributed by atoms with van der Waals surface area (Å²) in [4.78, 5) is 6.88. The normalized spacial score (nSPS) is 19.0. The molecule has 0 spiro atoms. The summed E-state index contributed by atoms with van der Waals surface area (Å²) in [5.74, 6) is 0.796. The van der Waals surface area contributed by atoms with Gasteiger partial charge in [0.25, 0.3) is 0 Å². The molecule has 1 unspecified atom stereocenters. The van der Waals surface area contributed by atoms with Crippen LogP contribution in [-0.4, -0.2) is 37.7 Å². The first-order chi connectivity index (χ1) is 11.7. The Bertz CT molecular complexity index is 857. The Hall–Kier alpha value is -2.40. The average Bonchev–Trinajstić information content (AvgIpc) is 2.95. The number of piperidine rings is 1. The molecule has 24 heavy (non-hydrogen) atoms. The van der Waals surface area contributed by atoms with Crippen LogP contribution in [0.3, 0.4) is 0 Å². The second kappa shape index (κ2) is 6.24. The fraction of sp³-hybridized carbons (Fsp3) is 0.368. The van der Waals surface area contributed by atoms with Crippen LogP contribution in [0.1, 0.15) is 35.7 Å². The van der Waals surface area contributed by atoms with Gasteiger partial charge < -0.3 is 5.11 Å². The van der Waals surface area contributed by atoms with Crippen molar-refractivity contribution >= 4 is 5.65 Å². The van der Waals surface area contributed by atoms with E-state index in [1.807, 2.05) is 35.8 Å². The number of rotatable bonds is 3. The largest absolute Gasteiger partial charge is 0.508 e. The maximum Gasteiger partial charge on any atom is 0.155 e. The van der Waals surface area contributed by atoms with E-state index in [0.717, 1.165) is 36.5 Å². The Morgan fingerprint density at radius 3 is 3.04 bits per heavy atom. The summed E-state index contributed by atoms with van der Waals surface area (Å²) < 4.78 is 2.00. The lowest BCUT2D eigenvalue weighted by molar-refractivity contribution is 0.197. The lowest BCUT2D eigenvalue weighted by Gasteiger charge is -2.33. The van der Waals surface area contributed by atoms with Crippen molar-refractivity contribution in [1.29, 1.82) is 0 Å². The van der Waals surface area contributed by atoms with Gasteiger partial charge in [-0.05, 0) is 50.1 Å². The molecule has 0 radical (unpaired) electrons. The maximum absolute atomic E-state index is 9.66. The van der Waals surface area contributed by atoms with E-state index in [9.17, 15) is 5.11 Å². The summed E-state index contributed by atoms with van der Waals surface area (Å²) in [5, 5.41) is 14.3. The smallest absolute Gasteiger partial charge is 0.155 e. The fourth-order valence-electron chi connectivity index (χ4n) is 3.69. The van der Waals surface area contributed by atoms with Crippen molar-refractivity contribution in [2.75, 3.05) is 13.1 Å². The van der Waals surface area contributed by atoms with Crippen molar-refractivity contribution in [3.05, 3.63) is 59.5 Å². The molecule has 5 heteroatoms. The monoisotopic (exact) mass is 322 g/mol. The Balaban J connectivity index is 1.56. The van der Waals surface area contributed by atoms with Gasteiger partial charge in [-0.3, -0.25) is 4.90 Å². The number of likely N-dealkylation sites (tertiary alicyclic amines) is 1. The van der Waals surface area contributed by atoms with Crippen LogP contribution < -0.4 is 0 Å². The van der Waals surface area contributed by atoms with Crippen molar-refractivity contribution in [2.24, 2.45) is 0 Å². The molecule has 1 N–H and O–H groups in total. The molecular formula is C19H22N4O. The molecule has 124 valence electrons. The van der Waals surface area contributed by atoms with Gasteiger partial charge in [0, 0.05) is 31.3 Å². The van der Waals surface area contributed by atoms with E-state index in [0.29, 0.717) is 11.7 Å². The zero-order valence-electron chi connectivity index (χ0n) is 13.9. The molecule has 2 aromatic heterocycles. The second-order valence-corrected chi connectivity index (χ2v) is 6.67. The van der Waals surface area contributed by atoms with Gasteiger partial charge >= 0.3 is 0 Å². The van der Waals surface area contributed by atoms with Crippen LogP contribution in [-0.2, 0) is 6.54 Å². The van der Waals surface area contributed by atoms with E-state index >= 15 is 0 Å². The van der Waals surface area contributed by atoms with E-state index in [1.165, 1.54) is 18.5 Å². The Morgan fingerprint density at radius 1 is 1.25 bits per heavy atom. The lowest BCUT2D eigenvalue weighted by Crippen LogP contribution is -2.34. The van der Waals surface area contributed by atoms with Crippen LogP contribution in [0.2, 0.25) is 0 Å². The van der Waals surface area contributed by atoms with Crippen LogP contribution in [0.25, 0.3) is 5.65 Å². The zero-order chi connectivity index (χ0) is 16.5. The quantitative estimate of drug-likeness (QED) is 0.805. The molecular weight excluding hydrogens is 300 g/mol. The molecule has 0 aliphatic carbocycles. The van der Waals surface area contributed by atoms with E-state index in [2.05, 4.69) is 27.1 Å². The van der Waals surface area contributed by atoms with Gasteiger partial charge in [0.1, 0.15) is 5.75 Å². The van der Waals surface area contributed by atoms with E-state index < -0.39 is 0 Å². The topological polar surface area (TPSA) is 53.7 Å². The van der Waals surface area contributed by atoms with E-state index in [4.69, 9.17) is 0 Å². The molecule has 1 aliphatic heterocycles. The number of phenols is 1. The van der Waals surface area contributed by atoms with Crippen molar-refractivity contribution in [1.82, 2.24) is 19.5 Å². The van der Waals surface area contributed by atoms with Crippen LogP contribution in [0.4, 0.5) is 0 Å². The van der Waals surface area contributed by atoms with Gasteiger partial charge in [-0.15, -0.1) is 0 Å². The number of aryl methyl sites for hydroxylation is 1. The third-order valence-corrected chi connectivity index (χ3v) is 4.75. The molecule has 1 aromatic carbocycles. The summed E-state index contributed by atoms with van der Waals surface area (Å²) in [6.07, 6.45) is 4.24. The van der Waals surface area contributed by atoms with Crippen molar-refractivity contribution in [3.63, 3.8) is 0 Å². The predicted molar refractivity (Wildman–Crippen MR) is 93.1 cm³/mol. The first-order valence-electron chi connectivity index (χ1n) is 8.50. The molecule has 1 aliphatic rings. The highest BCUT2D eigenvalue weighted by Gasteiger charge is 2.24. The average molecular weight is 322 g/mol. The van der Waals surface area contributed by atoms with Crippen molar-refractivity contribution in [3.8, 4) is 5.75 Å². The van der Waals surface area contributed by atoms with Crippen LogP contribution in [0, 0.1) is 6.92 Å². The summed E-state index contributed by atoms with van der Waals surface area (Å²) in [6, 6.07) is 11.7. The fourth-order valence-corrected chi connectivity index (χ4v) is 3.69. The van der Waals surface area contributed by atoms with Gasteiger partial charge in [0.05, 0.1) is 11.4 Å². The molecule has 0 amide bonds. The molecule has 0 saturated carbocycles. The number of phenolic OH excluding ortho intramolecular Hbond substituents is 1. The standard InChI is InChI=1S/C19H22N4O/c1-14-10-19-20-8-7-18(23(19)21-14)16-5-3-9-22(13-16)12-15-4-2-6-17(24)11-15/h2,4,6-8,10-11,16,24H,3,5,9,12-13H2,1H3. The van der Waals surface area contributed by atoms with Crippen molar-refractivity contribution in [2.45, 2.75) is 32.2 Å². The highest BCUT2D eigenvalue weighted by Crippen LogP contribution is 2.28. The first kappa shape index (κ1) is 15.1. The zero-order valence-corrected chi connectivity index (χ0v) is 13.9. The number of nitrogens with zero attached hydrogens (tertiary/aromatic N) is 4. The number of aromatic hydroxyl groups is 1. The van der Waals surface area contributed by atoms with Gasteiger partial charge in [0.2, 0.25) is 0 Å². The summed E-state index contributed by atoms with van der Waals surface area (Å²) in [6.45, 7) is 4.98. The number of aromatic nitrogens is 3. The Morgan fingerprint density at radius 2 is 2.17 bits per heavy atom. The summed E-state index contributed by atoms with van der Waals surface area (Å²) in [7, 11) is 0. The molecule has 3 heterocycles. The lowest BCUT2D eigenvalue weighted by atomic mass is 9.94. The minimum Gasteiger partial charge on any atom is -0.508 e. The molecule has 1 fully saturated rings. The number of benzene rings is 1. The van der Waals surface area contributed by atoms with E-state index in [-0.39, 0.29) is 0 Å². The molecule has 1 saturated heterocycles. The van der Waals surface area contributed by atoms with Gasteiger partial charge in [-0.25, -0.2) is 9.50 Å². The number of hydrogen-bond donors (Lipinski definition) is 1. The van der Waals surface area contributed by atoms with Crippen LogP contribution in [0.15, 0.2) is 42.6 Å². The molecule has 0 bridgehead atoms. The summed E-state index contributed by atoms with van der Waals surface area (Å²) in [5.41, 5.74) is 4.33. The van der Waals surface area contributed by atoms with Crippen molar-refractivity contribution < 1.29 is 5.11 Å². The Labute approximate surface area is 141 Å². The molecule has 5 nitrogen and oxygen atoms in total. The highest BCUT2D eigenvalue weighted by atomic mass is 16.3. The van der Waals surface area contributed by atoms with Gasteiger partial charge in [0.15, 0.2) is 5.65 Å². The predicted octanol–water partition coefficient (Wildman–Crippen LogP) is 3.12. The van der Waals surface area contributed by atoms with Crippen LogP contribution >= 0.6 is 0 Å². The molecule has 3 aromatic rings. The summed E-state index contributed by atoms with van der Waals surface area (Å²) >= 11 is 0. The Kier molecular flexibility index (Phi) is 3.94. The number of fused-ring (bicyclic) bond motifs is 1. The van der Waals surface area contributed by atoms with Gasteiger partial charge in [-0.1, -0.05) is 12.1 Å². The minimum absolute atomic E-state index is 0.337. The second-order valence-electron chi connectivity index (χ2n) is 6.67. The maximum atomic E-state index is 9.66. The third-order valence-electron chi connectivity index (χ3n) is 4.75. The SMILES string of the molecule is Cc1cc2nccc(C3CCCN(Cc4cccc(O)c4)C3)n2n1. The van der Waals surface area contributed by atoms with E-state index in [1.54, 1.807) is 6.07 Å². The van der Waals surface area contributed by atoms with Gasteiger partial charge in [-0.2, -0.15) is 5.10 Å². The third kappa shape index (κ3) is 2.99. The molecule has 1 atom stereocenters. The minimum atomic E-state index is 0.337. The molecule has 4 rings (SSSR count). The number of hydrogen-bond acceptors (Lipinski definition) is 4.